The van der Waals surface area contributed by atoms with E-state index in [-0.39, 0.29) is 0 Å². The molecule has 0 aromatic carbocycles. The van der Waals surface area contributed by atoms with Crippen molar-refractivity contribution >= 4 is 0 Å². The van der Waals surface area contributed by atoms with Crippen LogP contribution in [0.2, 0.25) is 0 Å². The molecule has 18 heavy (non-hydrogen) atoms. The summed E-state index contributed by atoms with van der Waals surface area (Å²) in [6.07, 6.45) is -0.0334. The van der Waals surface area contributed by atoms with E-state index in [0.29, 0.717) is 6.42 Å². The Balaban J connectivity index is 2.01. The van der Waals surface area contributed by atoms with Crippen LogP contribution in [-0.4, -0.2) is 14.8 Å². The molecule has 0 atom stereocenters. The fourth-order valence-corrected chi connectivity index (χ4v) is 1.66. The third-order valence-corrected chi connectivity index (χ3v) is 2.71. The van der Waals surface area contributed by atoms with Crippen LogP contribution in [0.4, 0.5) is 13.2 Å². The minimum Gasteiger partial charge on any atom is -0.273 e. The third-order valence-electron chi connectivity index (χ3n) is 2.71. The first-order valence-corrected chi connectivity index (χ1v) is 5.46. The maximum absolute atomic E-state index is 12.3. The Morgan fingerprint density at radius 1 is 1.17 bits per heavy atom. The van der Waals surface area contributed by atoms with Crippen LogP contribution in [0.15, 0.2) is 30.6 Å². The number of aryl methyl sites for hydroxylation is 3. The summed E-state index contributed by atoms with van der Waals surface area (Å²) in [4.78, 5) is 3.42. The van der Waals surface area contributed by atoms with E-state index in [1.54, 1.807) is 10.9 Å². The smallest absolute Gasteiger partial charge is 0.273 e. The summed E-state index contributed by atoms with van der Waals surface area (Å²) >= 11 is 0. The van der Waals surface area contributed by atoms with E-state index < -0.39 is 11.9 Å². The zero-order chi connectivity index (χ0) is 13.2. The number of hydrogen-bond acceptors (Lipinski definition) is 2. The van der Waals surface area contributed by atoms with Gasteiger partial charge in [-0.2, -0.15) is 18.3 Å². The van der Waals surface area contributed by atoms with Crippen molar-refractivity contribution in [2.45, 2.75) is 19.0 Å². The monoisotopic (exact) mass is 255 g/mol. The maximum Gasteiger partial charge on any atom is 0.433 e. The van der Waals surface area contributed by atoms with Crippen LogP contribution in [0.3, 0.4) is 0 Å². The first-order chi connectivity index (χ1) is 8.47. The quantitative estimate of drug-likeness (QED) is 0.844. The lowest BCUT2D eigenvalue weighted by Crippen LogP contribution is -2.08. The SMILES string of the molecule is Cn1nccc1CCc1ccc(C(F)(F)F)nc1. The van der Waals surface area contributed by atoms with Gasteiger partial charge in [-0.1, -0.05) is 6.07 Å². The van der Waals surface area contributed by atoms with Gasteiger partial charge in [0, 0.05) is 25.1 Å². The van der Waals surface area contributed by atoms with Crippen molar-refractivity contribution in [2.24, 2.45) is 7.05 Å². The van der Waals surface area contributed by atoms with Gasteiger partial charge in [-0.25, -0.2) is 0 Å². The molecule has 3 nitrogen and oxygen atoms in total. The Hall–Kier alpha value is -1.85. The van der Waals surface area contributed by atoms with Gasteiger partial charge in [-0.05, 0) is 30.5 Å². The Morgan fingerprint density at radius 3 is 2.44 bits per heavy atom. The lowest BCUT2D eigenvalue weighted by molar-refractivity contribution is -0.141. The minimum absolute atomic E-state index is 0.644. The molecule has 2 aromatic heterocycles. The molecule has 0 N–H and O–H groups in total. The molecule has 0 unspecified atom stereocenters. The Bertz CT molecular complexity index is 514. The van der Waals surface area contributed by atoms with Crippen molar-refractivity contribution in [3.05, 3.63) is 47.5 Å². The maximum atomic E-state index is 12.3. The van der Waals surface area contributed by atoms with Gasteiger partial charge in [-0.15, -0.1) is 0 Å². The molecular formula is C12H12F3N3. The standard InChI is InChI=1S/C12H12F3N3/c1-18-10(6-7-17-18)4-2-9-3-5-11(16-8-9)12(13,14)15/h3,5-8H,2,4H2,1H3. The van der Waals surface area contributed by atoms with Crippen LogP contribution in [0.5, 0.6) is 0 Å². The fourth-order valence-electron chi connectivity index (χ4n) is 1.66. The molecule has 0 saturated carbocycles. The number of nitrogens with zero attached hydrogens (tertiary/aromatic N) is 3. The largest absolute Gasteiger partial charge is 0.433 e. The number of halogens is 3. The summed E-state index contributed by atoms with van der Waals surface area (Å²) in [6.45, 7) is 0. The molecule has 0 spiro atoms. The summed E-state index contributed by atoms with van der Waals surface area (Å²) in [5.41, 5.74) is 0.964. The molecule has 0 saturated heterocycles. The molecule has 6 heteroatoms. The number of pyridine rings is 1. The van der Waals surface area contributed by atoms with Crippen LogP contribution in [0.1, 0.15) is 17.0 Å². The highest BCUT2D eigenvalue weighted by molar-refractivity contribution is 5.17. The number of alkyl halides is 3. The van der Waals surface area contributed by atoms with Gasteiger partial charge in [0.15, 0.2) is 0 Å². The number of aromatic nitrogens is 3. The minimum atomic E-state index is -4.37. The second-order valence-electron chi connectivity index (χ2n) is 4.00. The molecule has 0 amide bonds. The van der Waals surface area contributed by atoms with Crippen LogP contribution in [-0.2, 0) is 26.1 Å². The van der Waals surface area contributed by atoms with Gasteiger partial charge in [0.2, 0.25) is 0 Å². The van der Waals surface area contributed by atoms with Gasteiger partial charge < -0.3 is 0 Å². The molecule has 2 heterocycles. The first-order valence-electron chi connectivity index (χ1n) is 5.46. The molecule has 2 aromatic rings. The highest BCUT2D eigenvalue weighted by Gasteiger charge is 2.31. The van der Waals surface area contributed by atoms with Crippen molar-refractivity contribution in [1.29, 1.82) is 0 Å². The van der Waals surface area contributed by atoms with Gasteiger partial charge >= 0.3 is 6.18 Å². The summed E-state index contributed by atoms with van der Waals surface area (Å²) in [7, 11) is 1.83. The Morgan fingerprint density at radius 2 is 1.94 bits per heavy atom. The summed E-state index contributed by atoms with van der Waals surface area (Å²) in [6, 6.07) is 4.36. The predicted molar refractivity (Wildman–Crippen MR) is 59.9 cm³/mol. The Kier molecular flexibility index (Phi) is 3.36. The van der Waals surface area contributed by atoms with E-state index in [4.69, 9.17) is 0 Å². The van der Waals surface area contributed by atoms with Crippen LogP contribution < -0.4 is 0 Å². The van der Waals surface area contributed by atoms with E-state index in [0.717, 1.165) is 23.7 Å². The molecule has 0 radical (unpaired) electrons. The summed E-state index contributed by atoms with van der Waals surface area (Å²) < 4.78 is 38.7. The second-order valence-corrected chi connectivity index (χ2v) is 4.00. The van der Waals surface area contributed by atoms with Gasteiger partial charge in [0.25, 0.3) is 0 Å². The van der Waals surface area contributed by atoms with Crippen LogP contribution >= 0.6 is 0 Å². The van der Waals surface area contributed by atoms with E-state index in [2.05, 4.69) is 10.1 Å². The molecule has 0 bridgehead atoms. The highest BCUT2D eigenvalue weighted by atomic mass is 19.4. The van der Waals surface area contributed by atoms with Crippen molar-refractivity contribution in [3.8, 4) is 0 Å². The lowest BCUT2D eigenvalue weighted by Gasteiger charge is -2.06. The first kappa shape index (κ1) is 12.6. The van der Waals surface area contributed by atoms with Crippen molar-refractivity contribution in [1.82, 2.24) is 14.8 Å². The van der Waals surface area contributed by atoms with E-state index >= 15 is 0 Å². The van der Waals surface area contributed by atoms with E-state index in [1.807, 2.05) is 13.1 Å². The van der Waals surface area contributed by atoms with Gasteiger partial charge in [-0.3, -0.25) is 9.67 Å². The van der Waals surface area contributed by atoms with Crippen LogP contribution in [0.25, 0.3) is 0 Å². The molecule has 0 fully saturated rings. The molecule has 0 aliphatic carbocycles. The topological polar surface area (TPSA) is 30.7 Å². The lowest BCUT2D eigenvalue weighted by atomic mass is 10.1. The zero-order valence-electron chi connectivity index (χ0n) is 9.78. The molecule has 0 aliphatic rings. The zero-order valence-corrected chi connectivity index (χ0v) is 9.78. The summed E-state index contributed by atoms with van der Waals surface area (Å²) in [5.74, 6) is 0. The van der Waals surface area contributed by atoms with Crippen molar-refractivity contribution < 1.29 is 13.2 Å². The number of hydrogen-bond donors (Lipinski definition) is 0. The molecule has 2 rings (SSSR count). The second kappa shape index (κ2) is 4.80. The molecular weight excluding hydrogens is 243 g/mol. The predicted octanol–water partition coefficient (Wildman–Crippen LogP) is 2.62. The highest BCUT2D eigenvalue weighted by Crippen LogP contribution is 2.27. The van der Waals surface area contributed by atoms with Gasteiger partial charge in [0.1, 0.15) is 5.69 Å². The fraction of sp³-hybridized carbons (Fsp3) is 0.333. The van der Waals surface area contributed by atoms with E-state index in [9.17, 15) is 13.2 Å². The average Bonchev–Trinajstić information content (AvgIpc) is 2.72. The van der Waals surface area contributed by atoms with Crippen molar-refractivity contribution in [3.63, 3.8) is 0 Å². The van der Waals surface area contributed by atoms with Gasteiger partial charge in [0.05, 0.1) is 0 Å². The van der Waals surface area contributed by atoms with Crippen LogP contribution in [0, 0.1) is 0 Å². The van der Waals surface area contributed by atoms with E-state index in [1.165, 1.54) is 12.3 Å². The van der Waals surface area contributed by atoms with Crippen molar-refractivity contribution in [2.75, 3.05) is 0 Å². The average molecular weight is 255 g/mol. The normalized spacial score (nSPS) is 11.8. The third kappa shape index (κ3) is 2.88. The molecule has 0 aliphatic heterocycles. The Labute approximate surface area is 102 Å². The summed E-state index contributed by atoms with van der Waals surface area (Å²) in [5, 5.41) is 4.03. The number of rotatable bonds is 3. The molecule has 96 valence electrons.